The molecule has 0 aliphatic heterocycles. The highest BCUT2D eigenvalue weighted by Crippen LogP contribution is 2.24. The number of nitrogens with one attached hydrogen (secondary N) is 1. The zero-order chi connectivity index (χ0) is 13.1. The molecule has 3 N–H and O–H groups in total. The van der Waals surface area contributed by atoms with Crippen molar-refractivity contribution in [2.45, 2.75) is 19.9 Å². The monoisotopic (exact) mass is 245 g/mol. The van der Waals surface area contributed by atoms with Crippen LogP contribution in [0.2, 0.25) is 0 Å². The van der Waals surface area contributed by atoms with Gasteiger partial charge in [0.15, 0.2) is 0 Å². The normalized spacial score (nSPS) is 12.4. The van der Waals surface area contributed by atoms with Crippen LogP contribution in [0.3, 0.4) is 0 Å². The van der Waals surface area contributed by atoms with Gasteiger partial charge in [-0.05, 0) is 37.6 Å². The van der Waals surface area contributed by atoms with E-state index in [0.717, 1.165) is 16.8 Å². The van der Waals surface area contributed by atoms with Gasteiger partial charge in [0, 0.05) is 17.5 Å². The predicted molar refractivity (Wildman–Crippen MR) is 69.3 cm³/mol. The molecule has 2 rings (SSSR count). The molecular weight excluding hydrogens is 229 g/mol. The van der Waals surface area contributed by atoms with Crippen molar-refractivity contribution in [1.29, 1.82) is 0 Å². The average molecular weight is 245 g/mol. The van der Waals surface area contributed by atoms with Crippen LogP contribution in [0.25, 0.3) is 0 Å². The molecule has 94 valence electrons. The molecule has 1 atom stereocenters. The maximum Gasteiger partial charge on any atom is 0.128 e. The van der Waals surface area contributed by atoms with E-state index in [0.29, 0.717) is 5.56 Å². The third-order valence-electron chi connectivity index (χ3n) is 2.88. The molecule has 1 heterocycles. The van der Waals surface area contributed by atoms with Crippen molar-refractivity contribution < 1.29 is 4.39 Å². The Hall–Kier alpha value is -1.78. The summed E-state index contributed by atoms with van der Waals surface area (Å²) in [5.41, 5.74) is 5.98. The third kappa shape index (κ3) is 2.55. The summed E-state index contributed by atoms with van der Waals surface area (Å²) in [5, 5.41) is 0. The molecule has 1 unspecified atom stereocenters. The second kappa shape index (κ2) is 5.25. The Morgan fingerprint density at radius 3 is 2.67 bits per heavy atom. The fourth-order valence-corrected chi connectivity index (χ4v) is 2.00. The molecule has 0 saturated heterocycles. The Kier molecular flexibility index (Phi) is 3.69. The highest BCUT2D eigenvalue weighted by molar-refractivity contribution is 5.35. The third-order valence-corrected chi connectivity index (χ3v) is 2.88. The summed E-state index contributed by atoms with van der Waals surface area (Å²) in [6, 6.07) is 8.36. The average Bonchev–Trinajstić information content (AvgIpc) is 2.35. The minimum absolute atomic E-state index is 0.266. The van der Waals surface area contributed by atoms with Crippen LogP contribution in [0.5, 0.6) is 0 Å². The van der Waals surface area contributed by atoms with Gasteiger partial charge in [-0.1, -0.05) is 17.7 Å². The number of rotatable bonds is 3. The number of pyridine rings is 1. The number of nitrogens with two attached hydrogens (primary N) is 1. The predicted octanol–water partition coefficient (Wildman–Crippen LogP) is 2.39. The van der Waals surface area contributed by atoms with Crippen LogP contribution in [0.1, 0.15) is 28.4 Å². The lowest BCUT2D eigenvalue weighted by molar-refractivity contribution is 0.559. The first-order valence-electron chi connectivity index (χ1n) is 5.76. The van der Waals surface area contributed by atoms with Gasteiger partial charge < -0.3 is 0 Å². The molecule has 4 heteroatoms. The van der Waals surface area contributed by atoms with E-state index in [9.17, 15) is 4.39 Å². The lowest BCUT2D eigenvalue weighted by Gasteiger charge is -2.18. The van der Waals surface area contributed by atoms with Crippen LogP contribution >= 0.6 is 0 Å². The maximum absolute atomic E-state index is 13.9. The van der Waals surface area contributed by atoms with Crippen LogP contribution in [-0.2, 0) is 0 Å². The van der Waals surface area contributed by atoms with Crippen LogP contribution in [0, 0.1) is 19.7 Å². The number of hydrazine groups is 1. The van der Waals surface area contributed by atoms with E-state index in [4.69, 9.17) is 5.84 Å². The molecule has 2 aromatic rings. The van der Waals surface area contributed by atoms with Crippen molar-refractivity contribution in [3.8, 4) is 0 Å². The van der Waals surface area contributed by atoms with E-state index in [-0.39, 0.29) is 11.9 Å². The number of aromatic nitrogens is 1. The van der Waals surface area contributed by atoms with Gasteiger partial charge in [-0.25, -0.2) is 9.82 Å². The first-order chi connectivity index (χ1) is 8.61. The molecule has 3 nitrogen and oxygen atoms in total. The molecule has 0 amide bonds. The van der Waals surface area contributed by atoms with Gasteiger partial charge in [-0.3, -0.25) is 10.8 Å². The van der Waals surface area contributed by atoms with Crippen molar-refractivity contribution in [1.82, 2.24) is 10.4 Å². The molecule has 18 heavy (non-hydrogen) atoms. The van der Waals surface area contributed by atoms with Gasteiger partial charge in [0.05, 0.1) is 6.04 Å². The first-order valence-corrected chi connectivity index (χ1v) is 5.76. The second-order valence-electron chi connectivity index (χ2n) is 4.36. The van der Waals surface area contributed by atoms with Gasteiger partial charge in [-0.2, -0.15) is 0 Å². The fraction of sp³-hybridized carbons (Fsp3) is 0.214. The highest BCUT2D eigenvalue weighted by atomic mass is 19.1. The molecule has 0 fully saturated rings. The summed E-state index contributed by atoms with van der Waals surface area (Å²) >= 11 is 0. The molecule has 1 aromatic carbocycles. The summed E-state index contributed by atoms with van der Waals surface area (Å²) in [4.78, 5) is 4.13. The number of hydrogen-bond donors (Lipinski definition) is 2. The highest BCUT2D eigenvalue weighted by Gasteiger charge is 2.16. The van der Waals surface area contributed by atoms with Crippen LogP contribution in [0.15, 0.2) is 36.5 Å². The van der Waals surface area contributed by atoms with E-state index >= 15 is 0 Å². The molecule has 1 aromatic heterocycles. The quantitative estimate of drug-likeness (QED) is 0.645. The number of nitrogens with zero attached hydrogens (tertiary/aromatic N) is 1. The van der Waals surface area contributed by atoms with Crippen LogP contribution < -0.4 is 11.3 Å². The minimum atomic E-state index is -0.369. The van der Waals surface area contributed by atoms with E-state index in [1.165, 1.54) is 6.07 Å². The number of benzene rings is 1. The summed E-state index contributed by atoms with van der Waals surface area (Å²) in [6.07, 6.45) is 1.70. The minimum Gasteiger partial charge on any atom is -0.271 e. The first kappa shape index (κ1) is 12.7. The standard InChI is InChI=1S/C14H16FN3/c1-9-3-4-13(15)12(7-9)14(18-16)11-5-6-17-10(2)8-11/h3-8,14,18H,16H2,1-2H3. The van der Waals surface area contributed by atoms with E-state index < -0.39 is 0 Å². The van der Waals surface area contributed by atoms with Crippen LogP contribution in [-0.4, -0.2) is 4.98 Å². The summed E-state index contributed by atoms with van der Waals surface area (Å²) in [6.45, 7) is 3.82. The molecular formula is C14H16FN3. The molecule has 0 spiro atoms. The molecule has 0 aliphatic carbocycles. The Labute approximate surface area is 106 Å². The maximum atomic E-state index is 13.9. The van der Waals surface area contributed by atoms with Crippen molar-refractivity contribution in [2.24, 2.45) is 5.84 Å². The molecule has 0 radical (unpaired) electrons. The van der Waals surface area contributed by atoms with E-state index in [1.807, 2.05) is 26.0 Å². The molecule has 0 saturated carbocycles. The van der Waals surface area contributed by atoms with Gasteiger partial charge in [0.2, 0.25) is 0 Å². The Morgan fingerprint density at radius 1 is 1.22 bits per heavy atom. The fourth-order valence-electron chi connectivity index (χ4n) is 2.00. The number of aryl methyl sites for hydroxylation is 2. The van der Waals surface area contributed by atoms with Gasteiger partial charge in [0.1, 0.15) is 5.82 Å². The largest absolute Gasteiger partial charge is 0.271 e. The zero-order valence-corrected chi connectivity index (χ0v) is 10.4. The number of hydrogen-bond acceptors (Lipinski definition) is 3. The lowest BCUT2D eigenvalue weighted by Crippen LogP contribution is -2.29. The van der Waals surface area contributed by atoms with Crippen molar-refractivity contribution in [2.75, 3.05) is 0 Å². The smallest absolute Gasteiger partial charge is 0.128 e. The van der Waals surface area contributed by atoms with E-state index in [2.05, 4.69) is 10.4 Å². The van der Waals surface area contributed by atoms with Gasteiger partial charge >= 0.3 is 0 Å². The van der Waals surface area contributed by atoms with E-state index in [1.54, 1.807) is 18.3 Å². The van der Waals surface area contributed by atoms with Crippen molar-refractivity contribution in [3.63, 3.8) is 0 Å². The van der Waals surface area contributed by atoms with Crippen molar-refractivity contribution >= 4 is 0 Å². The summed E-state index contributed by atoms with van der Waals surface area (Å²) < 4.78 is 13.9. The zero-order valence-electron chi connectivity index (χ0n) is 10.4. The second-order valence-corrected chi connectivity index (χ2v) is 4.36. The molecule has 0 aliphatic rings. The van der Waals surface area contributed by atoms with Gasteiger partial charge in [0.25, 0.3) is 0 Å². The lowest BCUT2D eigenvalue weighted by atomic mass is 9.97. The van der Waals surface area contributed by atoms with Gasteiger partial charge in [-0.15, -0.1) is 0 Å². The summed E-state index contributed by atoms with van der Waals surface area (Å²) in [7, 11) is 0. The number of halogens is 1. The Morgan fingerprint density at radius 2 is 2.00 bits per heavy atom. The Balaban J connectivity index is 2.48. The summed E-state index contributed by atoms with van der Waals surface area (Å²) in [5.74, 6) is 5.30. The van der Waals surface area contributed by atoms with Crippen molar-refractivity contribution in [3.05, 3.63) is 64.7 Å². The molecule has 0 bridgehead atoms. The van der Waals surface area contributed by atoms with Crippen LogP contribution in [0.4, 0.5) is 4.39 Å². The topological polar surface area (TPSA) is 50.9 Å². The SMILES string of the molecule is Cc1ccc(F)c(C(NN)c2ccnc(C)c2)c1. The Bertz CT molecular complexity index is 554.